The third-order valence-corrected chi connectivity index (χ3v) is 4.69. The summed E-state index contributed by atoms with van der Waals surface area (Å²) < 4.78 is 0. The molecule has 3 nitrogen and oxygen atoms in total. The first-order chi connectivity index (χ1) is 10.6. The second-order valence-electron chi connectivity index (χ2n) is 6.51. The molecule has 0 radical (unpaired) electrons. The number of likely N-dealkylation sites (tertiary alicyclic amines) is 1. The zero-order chi connectivity index (χ0) is 15.9. The number of aryl methyl sites for hydroxylation is 2. The number of anilines is 1. The van der Waals surface area contributed by atoms with Crippen molar-refractivity contribution in [2.45, 2.75) is 65.3 Å². The first kappa shape index (κ1) is 17.0. The molecule has 22 heavy (non-hydrogen) atoms. The van der Waals surface area contributed by atoms with Gasteiger partial charge in [0.1, 0.15) is 0 Å². The molecule has 1 aromatic carbocycles. The molecule has 1 atom stereocenters. The smallest absolute Gasteiger partial charge is 0.241 e. The van der Waals surface area contributed by atoms with E-state index in [4.69, 9.17) is 0 Å². The number of para-hydroxylation sites is 1. The Labute approximate surface area is 135 Å². The molecule has 1 amide bonds. The van der Waals surface area contributed by atoms with E-state index in [9.17, 15) is 4.79 Å². The fourth-order valence-electron chi connectivity index (χ4n) is 3.34. The van der Waals surface area contributed by atoms with Gasteiger partial charge in [0.25, 0.3) is 0 Å². The van der Waals surface area contributed by atoms with Crippen LogP contribution in [0.1, 0.15) is 56.6 Å². The van der Waals surface area contributed by atoms with Crippen LogP contribution in [0.25, 0.3) is 0 Å². The van der Waals surface area contributed by atoms with Crippen molar-refractivity contribution in [2.24, 2.45) is 0 Å². The fourth-order valence-corrected chi connectivity index (χ4v) is 3.34. The van der Waals surface area contributed by atoms with Crippen LogP contribution in [0.2, 0.25) is 0 Å². The summed E-state index contributed by atoms with van der Waals surface area (Å²) in [5, 5.41) is 3.19. The molecule has 0 saturated carbocycles. The first-order valence-electron chi connectivity index (χ1n) is 8.74. The lowest BCUT2D eigenvalue weighted by Crippen LogP contribution is -2.47. The van der Waals surface area contributed by atoms with Gasteiger partial charge in [-0.2, -0.15) is 0 Å². The van der Waals surface area contributed by atoms with E-state index in [1.807, 2.05) is 6.07 Å². The van der Waals surface area contributed by atoms with Crippen LogP contribution in [0, 0.1) is 13.8 Å². The number of hydrogen-bond donors (Lipinski definition) is 1. The molecule has 0 aliphatic carbocycles. The Balaban J connectivity index is 2.02. The van der Waals surface area contributed by atoms with Crippen LogP contribution in [-0.4, -0.2) is 29.9 Å². The third kappa shape index (κ3) is 4.33. The van der Waals surface area contributed by atoms with Crippen molar-refractivity contribution < 1.29 is 4.79 Å². The van der Waals surface area contributed by atoms with Crippen LogP contribution in [0.15, 0.2) is 18.2 Å². The molecule has 122 valence electrons. The Hall–Kier alpha value is -1.35. The maximum atomic E-state index is 12.8. The molecule has 2 rings (SSSR count). The van der Waals surface area contributed by atoms with E-state index in [0.29, 0.717) is 0 Å². The number of nitrogens with one attached hydrogen (secondary N) is 1. The Morgan fingerprint density at radius 1 is 1.23 bits per heavy atom. The molecule has 1 N–H and O–H groups in total. The predicted octanol–water partition coefficient (Wildman–Crippen LogP) is 4.29. The number of piperidine rings is 1. The number of carbonyl (C=O) groups is 1. The normalized spacial score (nSPS) is 19.1. The van der Waals surface area contributed by atoms with Gasteiger partial charge in [0.05, 0.1) is 6.04 Å². The Bertz CT molecular complexity index is 478. The van der Waals surface area contributed by atoms with Crippen LogP contribution in [-0.2, 0) is 4.79 Å². The van der Waals surface area contributed by atoms with Gasteiger partial charge in [-0.3, -0.25) is 9.69 Å². The summed E-state index contributed by atoms with van der Waals surface area (Å²) in [4.78, 5) is 15.2. The van der Waals surface area contributed by atoms with Crippen LogP contribution in [0.3, 0.4) is 0 Å². The number of hydrogen-bond acceptors (Lipinski definition) is 2. The maximum absolute atomic E-state index is 12.8. The maximum Gasteiger partial charge on any atom is 0.241 e. The predicted molar refractivity (Wildman–Crippen MR) is 93.3 cm³/mol. The number of amides is 1. The second-order valence-corrected chi connectivity index (χ2v) is 6.51. The number of unbranched alkanes of at least 4 members (excludes halogenated alkanes) is 2. The van der Waals surface area contributed by atoms with Crippen molar-refractivity contribution in [2.75, 3.05) is 18.4 Å². The van der Waals surface area contributed by atoms with Crippen molar-refractivity contribution in [3.63, 3.8) is 0 Å². The highest BCUT2D eigenvalue weighted by Gasteiger charge is 2.28. The molecule has 3 heteroatoms. The van der Waals surface area contributed by atoms with E-state index in [-0.39, 0.29) is 11.9 Å². The largest absolute Gasteiger partial charge is 0.324 e. The quantitative estimate of drug-likeness (QED) is 0.795. The molecule has 1 aliphatic rings. The van der Waals surface area contributed by atoms with Gasteiger partial charge >= 0.3 is 0 Å². The van der Waals surface area contributed by atoms with Gasteiger partial charge < -0.3 is 5.32 Å². The zero-order valence-electron chi connectivity index (χ0n) is 14.3. The van der Waals surface area contributed by atoms with Gasteiger partial charge in [0.2, 0.25) is 5.91 Å². The minimum Gasteiger partial charge on any atom is -0.324 e. The van der Waals surface area contributed by atoms with Gasteiger partial charge in [-0.15, -0.1) is 0 Å². The first-order valence-corrected chi connectivity index (χ1v) is 8.74. The molecule has 0 bridgehead atoms. The number of nitrogens with zero attached hydrogens (tertiary/aromatic N) is 1. The van der Waals surface area contributed by atoms with E-state index < -0.39 is 0 Å². The minimum absolute atomic E-state index is 0.0459. The van der Waals surface area contributed by atoms with Gasteiger partial charge in [-0.05, 0) is 57.3 Å². The highest BCUT2D eigenvalue weighted by molar-refractivity contribution is 5.96. The van der Waals surface area contributed by atoms with Crippen LogP contribution in [0.4, 0.5) is 5.69 Å². The lowest BCUT2D eigenvalue weighted by Gasteiger charge is -2.34. The second kappa shape index (κ2) is 8.33. The van der Waals surface area contributed by atoms with Gasteiger partial charge in [-0.1, -0.05) is 44.4 Å². The van der Waals surface area contributed by atoms with Gasteiger partial charge in [0, 0.05) is 5.69 Å². The van der Waals surface area contributed by atoms with Crippen molar-refractivity contribution in [1.29, 1.82) is 0 Å². The monoisotopic (exact) mass is 302 g/mol. The summed E-state index contributed by atoms with van der Waals surface area (Å²) in [6.07, 6.45) is 7.05. The average Bonchev–Trinajstić information content (AvgIpc) is 2.51. The van der Waals surface area contributed by atoms with E-state index in [2.05, 4.69) is 43.1 Å². The summed E-state index contributed by atoms with van der Waals surface area (Å²) in [5.41, 5.74) is 3.27. The summed E-state index contributed by atoms with van der Waals surface area (Å²) in [7, 11) is 0. The Morgan fingerprint density at radius 2 is 1.95 bits per heavy atom. The van der Waals surface area contributed by atoms with Crippen LogP contribution < -0.4 is 5.32 Å². The standard InChI is InChI=1S/C19H30N2O/c1-4-5-7-13-21-14-8-6-12-17(21)19(22)20-18-15(2)10-9-11-16(18)3/h9-11,17H,4-8,12-14H2,1-3H3,(H,20,22)/t17-/m0/s1. The Morgan fingerprint density at radius 3 is 2.64 bits per heavy atom. The van der Waals surface area contributed by atoms with E-state index in [0.717, 1.165) is 42.7 Å². The molecule has 1 fully saturated rings. The fraction of sp³-hybridized carbons (Fsp3) is 0.632. The molecule has 1 saturated heterocycles. The molecule has 1 heterocycles. The van der Waals surface area contributed by atoms with E-state index in [1.54, 1.807) is 0 Å². The van der Waals surface area contributed by atoms with Crippen molar-refractivity contribution in [1.82, 2.24) is 4.90 Å². The van der Waals surface area contributed by atoms with Gasteiger partial charge in [0.15, 0.2) is 0 Å². The molecule has 0 unspecified atom stereocenters. The van der Waals surface area contributed by atoms with Crippen LogP contribution in [0.5, 0.6) is 0 Å². The molecule has 0 aromatic heterocycles. The third-order valence-electron chi connectivity index (χ3n) is 4.69. The molecular formula is C19H30N2O. The van der Waals surface area contributed by atoms with Crippen LogP contribution >= 0.6 is 0 Å². The summed E-state index contributed by atoms with van der Waals surface area (Å²) in [6.45, 7) is 8.46. The number of carbonyl (C=O) groups excluding carboxylic acids is 1. The SMILES string of the molecule is CCCCCN1CCCC[C@H]1C(=O)Nc1c(C)cccc1C. The van der Waals surface area contributed by atoms with Crippen molar-refractivity contribution in [3.05, 3.63) is 29.3 Å². The number of benzene rings is 1. The molecule has 1 aliphatic heterocycles. The Kier molecular flexibility index (Phi) is 6.44. The molecule has 1 aromatic rings. The lowest BCUT2D eigenvalue weighted by molar-refractivity contribution is -0.122. The van der Waals surface area contributed by atoms with E-state index >= 15 is 0 Å². The summed E-state index contributed by atoms with van der Waals surface area (Å²) >= 11 is 0. The van der Waals surface area contributed by atoms with Crippen molar-refractivity contribution >= 4 is 11.6 Å². The lowest BCUT2D eigenvalue weighted by atomic mass is 10.00. The van der Waals surface area contributed by atoms with E-state index in [1.165, 1.54) is 25.7 Å². The minimum atomic E-state index is 0.0459. The summed E-state index contributed by atoms with van der Waals surface area (Å²) in [6, 6.07) is 6.20. The highest BCUT2D eigenvalue weighted by Crippen LogP contribution is 2.23. The highest BCUT2D eigenvalue weighted by atomic mass is 16.2. The number of rotatable bonds is 6. The van der Waals surface area contributed by atoms with Crippen molar-refractivity contribution in [3.8, 4) is 0 Å². The molecular weight excluding hydrogens is 272 g/mol. The topological polar surface area (TPSA) is 32.3 Å². The van der Waals surface area contributed by atoms with Gasteiger partial charge in [-0.25, -0.2) is 0 Å². The zero-order valence-corrected chi connectivity index (χ0v) is 14.3. The average molecular weight is 302 g/mol. The molecule has 0 spiro atoms. The summed E-state index contributed by atoms with van der Waals surface area (Å²) in [5.74, 6) is 0.175.